The van der Waals surface area contributed by atoms with E-state index in [0.29, 0.717) is 0 Å². The Morgan fingerprint density at radius 3 is 2.53 bits per heavy atom. The average Bonchev–Trinajstić information content (AvgIpc) is 2.17. The molecule has 84 valence electrons. The molecule has 0 aromatic carbocycles. The van der Waals surface area contributed by atoms with Gasteiger partial charge >= 0.3 is 12.0 Å². The predicted octanol–water partition coefficient (Wildman–Crippen LogP) is -0.0486. The summed E-state index contributed by atoms with van der Waals surface area (Å²) in [5.41, 5.74) is 0. The summed E-state index contributed by atoms with van der Waals surface area (Å²) in [6.07, 6.45) is 1.27. The number of hydrogen-bond donors (Lipinski definition) is 2. The summed E-state index contributed by atoms with van der Waals surface area (Å²) < 4.78 is 4.49. The third kappa shape index (κ3) is 8.48. The molecule has 6 nitrogen and oxygen atoms in total. The molecule has 0 aliphatic heterocycles. The van der Waals surface area contributed by atoms with Gasteiger partial charge in [0.1, 0.15) is 5.78 Å². The van der Waals surface area contributed by atoms with Crippen LogP contribution in [0.5, 0.6) is 0 Å². The van der Waals surface area contributed by atoms with Crippen LogP contribution in [0.15, 0.2) is 12.7 Å². The average molecular weight is 214 g/mol. The predicted molar refractivity (Wildman–Crippen MR) is 53.0 cm³/mol. The molecule has 0 aliphatic carbocycles. The zero-order valence-corrected chi connectivity index (χ0v) is 8.54. The van der Waals surface area contributed by atoms with E-state index in [1.54, 1.807) is 0 Å². The van der Waals surface area contributed by atoms with E-state index in [0.717, 1.165) is 6.08 Å². The van der Waals surface area contributed by atoms with Crippen molar-refractivity contribution in [2.24, 2.45) is 0 Å². The van der Waals surface area contributed by atoms with E-state index in [1.807, 2.05) is 0 Å². The molecule has 0 fully saturated rings. The molecule has 0 radical (unpaired) electrons. The molecule has 0 unspecified atom stereocenters. The van der Waals surface area contributed by atoms with Gasteiger partial charge in [-0.15, -0.1) is 0 Å². The molecule has 0 heterocycles. The minimum Gasteiger partial charge on any atom is -0.441 e. The number of amides is 2. The number of Topliss-reactive ketones (excluding diaryl/α,β-unsaturated/α-hetero) is 1. The summed E-state index contributed by atoms with van der Waals surface area (Å²) in [5.74, 6) is -0.618. The topological polar surface area (TPSA) is 84.5 Å². The Bertz CT molecular complexity index is 263. The third-order valence-electron chi connectivity index (χ3n) is 1.38. The number of ether oxygens (including phenoxy) is 1. The summed E-state index contributed by atoms with van der Waals surface area (Å²) in [6, 6.07) is -0.492. The quantitative estimate of drug-likeness (QED) is 0.369. The smallest absolute Gasteiger partial charge is 0.331 e. The van der Waals surface area contributed by atoms with E-state index >= 15 is 0 Å². The molecule has 0 atom stereocenters. The third-order valence-corrected chi connectivity index (χ3v) is 1.38. The largest absolute Gasteiger partial charge is 0.441 e. The van der Waals surface area contributed by atoms with Gasteiger partial charge < -0.3 is 15.4 Å². The monoisotopic (exact) mass is 214 g/mol. The number of hydrogen-bond acceptors (Lipinski definition) is 4. The minimum atomic E-state index is -0.612. The molecule has 0 aliphatic rings. The van der Waals surface area contributed by atoms with Gasteiger partial charge in [-0.3, -0.25) is 4.79 Å². The maximum atomic E-state index is 10.9. The highest BCUT2D eigenvalue weighted by atomic mass is 16.5. The molecule has 0 saturated heterocycles. The molecule has 0 aromatic heterocycles. The second-order valence-electron chi connectivity index (χ2n) is 2.70. The standard InChI is InChI=1S/C9H14N2O4/c1-3-8(13)15-6-11-9(14)10-5-4-7(2)12/h3H,1,4-6H2,2H3,(H2,10,11,14). The van der Waals surface area contributed by atoms with Gasteiger partial charge in [0.05, 0.1) is 0 Å². The lowest BCUT2D eigenvalue weighted by atomic mass is 10.3. The zero-order valence-electron chi connectivity index (χ0n) is 8.54. The van der Waals surface area contributed by atoms with Gasteiger partial charge in [0, 0.05) is 19.0 Å². The number of ketones is 1. The van der Waals surface area contributed by atoms with Crippen LogP contribution in [-0.2, 0) is 14.3 Å². The number of carbonyl (C=O) groups excluding carboxylic acids is 3. The van der Waals surface area contributed by atoms with Gasteiger partial charge in [-0.05, 0) is 6.92 Å². The highest BCUT2D eigenvalue weighted by molar-refractivity contribution is 5.81. The van der Waals surface area contributed by atoms with E-state index < -0.39 is 12.0 Å². The molecule has 2 N–H and O–H groups in total. The Morgan fingerprint density at radius 2 is 2.00 bits per heavy atom. The molecule has 0 saturated carbocycles. The van der Waals surface area contributed by atoms with Crippen molar-refractivity contribution in [3.8, 4) is 0 Å². The van der Waals surface area contributed by atoms with Crippen LogP contribution in [0.25, 0.3) is 0 Å². The van der Waals surface area contributed by atoms with Crippen molar-refractivity contribution in [3.05, 3.63) is 12.7 Å². The van der Waals surface area contributed by atoms with Crippen LogP contribution in [0.1, 0.15) is 13.3 Å². The molecule has 15 heavy (non-hydrogen) atoms. The van der Waals surface area contributed by atoms with Gasteiger partial charge in [0.15, 0.2) is 6.73 Å². The second kappa shape index (κ2) is 7.54. The van der Waals surface area contributed by atoms with Crippen LogP contribution in [-0.4, -0.2) is 31.1 Å². The van der Waals surface area contributed by atoms with Crippen molar-refractivity contribution in [1.82, 2.24) is 10.6 Å². The van der Waals surface area contributed by atoms with Crippen molar-refractivity contribution in [1.29, 1.82) is 0 Å². The number of carbonyl (C=O) groups is 3. The van der Waals surface area contributed by atoms with Gasteiger partial charge in [-0.2, -0.15) is 0 Å². The van der Waals surface area contributed by atoms with E-state index in [-0.39, 0.29) is 25.5 Å². The van der Waals surface area contributed by atoms with E-state index in [4.69, 9.17) is 0 Å². The molecule has 0 aromatic rings. The molecule has 2 amide bonds. The fourth-order valence-corrected chi connectivity index (χ4v) is 0.646. The molecular weight excluding hydrogens is 200 g/mol. The van der Waals surface area contributed by atoms with Crippen LogP contribution in [0.3, 0.4) is 0 Å². The second-order valence-corrected chi connectivity index (χ2v) is 2.70. The minimum absolute atomic E-state index is 0.00612. The first kappa shape index (κ1) is 13.2. The number of nitrogens with one attached hydrogen (secondary N) is 2. The lowest BCUT2D eigenvalue weighted by Crippen LogP contribution is -2.38. The highest BCUT2D eigenvalue weighted by Gasteiger charge is 2.01. The maximum absolute atomic E-state index is 10.9. The van der Waals surface area contributed by atoms with Crippen molar-refractivity contribution in [3.63, 3.8) is 0 Å². The van der Waals surface area contributed by atoms with E-state index in [1.165, 1.54) is 6.92 Å². The first-order valence-corrected chi connectivity index (χ1v) is 4.36. The Balaban J connectivity index is 3.45. The highest BCUT2D eigenvalue weighted by Crippen LogP contribution is 1.79. The first-order valence-electron chi connectivity index (χ1n) is 4.36. The number of urea groups is 1. The van der Waals surface area contributed by atoms with Crippen LogP contribution in [0.4, 0.5) is 4.79 Å². The first-order chi connectivity index (χ1) is 7.06. The van der Waals surface area contributed by atoms with Crippen LogP contribution >= 0.6 is 0 Å². The van der Waals surface area contributed by atoms with Crippen LogP contribution in [0.2, 0.25) is 0 Å². The molecule has 0 spiro atoms. The maximum Gasteiger partial charge on any atom is 0.331 e. The molecule has 0 bridgehead atoms. The summed E-state index contributed by atoms with van der Waals surface area (Å²) in [7, 11) is 0. The van der Waals surface area contributed by atoms with Crippen molar-refractivity contribution in [2.75, 3.05) is 13.3 Å². The fraction of sp³-hybridized carbons (Fsp3) is 0.444. The summed E-state index contributed by atoms with van der Waals surface area (Å²) in [5, 5.41) is 4.69. The fourth-order valence-electron chi connectivity index (χ4n) is 0.646. The zero-order chi connectivity index (χ0) is 11.7. The molecular formula is C9H14N2O4. The van der Waals surface area contributed by atoms with E-state index in [9.17, 15) is 14.4 Å². The van der Waals surface area contributed by atoms with E-state index in [2.05, 4.69) is 21.9 Å². The Morgan fingerprint density at radius 1 is 1.33 bits per heavy atom. The van der Waals surface area contributed by atoms with Gasteiger partial charge in [0.2, 0.25) is 0 Å². The van der Waals surface area contributed by atoms with Crippen LogP contribution < -0.4 is 10.6 Å². The summed E-state index contributed by atoms with van der Waals surface area (Å²) in [6.45, 7) is 4.66. The van der Waals surface area contributed by atoms with Crippen molar-refractivity contribution < 1.29 is 19.1 Å². The van der Waals surface area contributed by atoms with Gasteiger partial charge in [0.25, 0.3) is 0 Å². The molecule has 6 heteroatoms. The lowest BCUT2D eigenvalue weighted by Gasteiger charge is -2.06. The normalized spacial score (nSPS) is 8.87. The Labute approximate surface area is 87.7 Å². The summed E-state index contributed by atoms with van der Waals surface area (Å²) >= 11 is 0. The SMILES string of the molecule is C=CC(=O)OCNC(=O)NCCC(C)=O. The Hall–Kier alpha value is -1.85. The van der Waals surface area contributed by atoms with Gasteiger partial charge in [-0.1, -0.05) is 6.58 Å². The Kier molecular flexibility index (Phi) is 6.61. The van der Waals surface area contributed by atoms with Crippen molar-refractivity contribution in [2.45, 2.75) is 13.3 Å². The number of rotatable bonds is 6. The lowest BCUT2D eigenvalue weighted by molar-refractivity contribution is -0.138. The van der Waals surface area contributed by atoms with Gasteiger partial charge in [-0.25, -0.2) is 9.59 Å². The number of esters is 1. The summed E-state index contributed by atoms with van der Waals surface area (Å²) in [4.78, 5) is 32.0. The molecule has 0 rings (SSSR count). The van der Waals surface area contributed by atoms with Crippen LogP contribution in [0, 0.1) is 0 Å². The van der Waals surface area contributed by atoms with Crippen molar-refractivity contribution >= 4 is 17.8 Å².